The van der Waals surface area contributed by atoms with Crippen molar-refractivity contribution in [3.8, 4) is 0 Å². The van der Waals surface area contributed by atoms with Crippen molar-refractivity contribution in [1.82, 2.24) is 73.8 Å². The standard InChI is InChI=1S/C62H99N17O21/c1-30(2)20-39(53(91)74-43(27-80)56(94)69-37(16-12-13-19-63)52(90)73-42(60(98)99)21-31(3)4)70-54(92)41(24-47(86)87)71-57(95)44(28-81)75-59(97)49(33(6)83)78-55(93)40(22-34-14-10-9-11-15-34)72-58(96)48(32(5)82)77-46(85)26-67-51(89)38(17-18-45(65)84)76-61(100)62(7,8)79-50(88)36(64)23-35-25-66-29-68-35/h9-11,14-15,25,29-33,36-44,48-49,80-83H,12-13,16-24,26-28,63-64H2,1-8H3,(H2,65,84)(H,66,68)(H,67,89)(H,69,94)(H,70,92)(H,71,95)(H,72,96)(H,73,90)(H,74,91)(H,75,97)(H,76,100)(H,77,85)(H,78,93)(H,79,88)(H,86,87)(H,98,99)/t32-,33-,36+,37+,38+,39+,40+,41+,42+,43+,44+,48+,49+/m1/s1. The van der Waals surface area contributed by atoms with Gasteiger partial charge in [-0.1, -0.05) is 58.0 Å². The van der Waals surface area contributed by atoms with E-state index in [0.29, 0.717) is 24.1 Å². The van der Waals surface area contributed by atoms with Crippen LogP contribution in [0.1, 0.15) is 118 Å². The van der Waals surface area contributed by atoms with E-state index in [9.17, 15) is 103 Å². The quantitative estimate of drug-likeness (QED) is 0.0274. The minimum Gasteiger partial charge on any atom is -0.481 e. The number of unbranched alkanes of at least 4 members (excludes halogenated alkanes) is 1. The van der Waals surface area contributed by atoms with Crippen LogP contribution in [0.15, 0.2) is 42.9 Å². The SMILES string of the molecule is CC(C)C[C@H](NC(=O)[C@H](CCCCN)NC(=O)[C@H](CO)NC(=O)[C@H](CC(C)C)NC(=O)[C@H](CC(=O)O)NC(=O)[C@H](CO)NC(=O)[C@@H](NC(=O)[C@H](Cc1ccccc1)NC(=O)[C@@H](NC(=O)CNC(=O)[C@H](CCC(N)=O)NC(=O)C(C)(C)NC(=O)[C@@H](N)Cc1cnc[nH]1)[C@@H](C)O)[C@@H](C)O)C(=O)O. The number of aliphatic hydroxyl groups excluding tert-OH is 4. The Balaban J connectivity index is 2.31. The fraction of sp³-hybridized carbons (Fsp3) is 0.613. The highest BCUT2D eigenvalue weighted by molar-refractivity contribution is 6.00. The zero-order valence-electron chi connectivity index (χ0n) is 57.1. The maximum absolute atomic E-state index is 14.2. The van der Waals surface area contributed by atoms with Crippen LogP contribution in [0.3, 0.4) is 0 Å². The molecule has 13 atom stereocenters. The number of rotatable bonds is 46. The molecule has 2 aromatic rings. The number of primary amides is 1. The van der Waals surface area contributed by atoms with Gasteiger partial charge in [0.15, 0.2) is 0 Å². The maximum Gasteiger partial charge on any atom is 0.326 e. The summed E-state index contributed by atoms with van der Waals surface area (Å²) in [4.78, 5) is 206. The smallest absolute Gasteiger partial charge is 0.326 e. The van der Waals surface area contributed by atoms with Gasteiger partial charge in [0, 0.05) is 31.2 Å². The van der Waals surface area contributed by atoms with Crippen LogP contribution in [0.2, 0.25) is 0 Å². The number of hydrogen-bond acceptors (Lipinski definition) is 22. The van der Waals surface area contributed by atoms with E-state index in [1.807, 2.05) is 0 Å². The van der Waals surface area contributed by atoms with Crippen molar-refractivity contribution in [2.75, 3.05) is 26.3 Å². The molecule has 38 heteroatoms. The third-order valence-corrected chi connectivity index (χ3v) is 15.0. The summed E-state index contributed by atoms with van der Waals surface area (Å²) in [6.45, 7) is 8.39. The van der Waals surface area contributed by atoms with Gasteiger partial charge < -0.3 is 117 Å². The van der Waals surface area contributed by atoms with Crippen molar-refractivity contribution in [3.63, 3.8) is 0 Å². The third kappa shape index (κ3) is 31.0. The molecule has 2 rings (SSSR count). The third-order valence-electron chi connectivity index (χ3n) is 15.0. The number of nitrogens with two attached hydrogens (primary N) is 3. The average Bonchev–Trinajstić information content (AvgIpc) is 0.870. The van der Waals surface area contributed by atoms with Gasteiger partial charge >= 0.3 is 11.9 Å². The van der Waals surface area contributed by atoms with Gasteiger partial charge in [0.25, 0.3) is 0 Å². The highest BCUT2D eigenvalue weighted by Gasteiger charge is 2.39. The number of nitrogens with zero attached hydrogens (tertiary/aromatic N) is 1. The number of benzene rings is 1. The Bertz CT molecular complexity index is 3100. The predicted molar refractivity (Wildman–Crippen MR) is 353 cm³/mol. The van der Waals surface area contributed by atoms with Gasteiger partial charge in [-0.15, -0.1) is 0 Å². The molecule has 0 saturated carbocycles. The van der Waals surface area contributed by atoms with E-state index in [-0.39, 0.29) is 51.0 Å². The summed E-state index contributed by atoms with van der Waals surface area (Å²) in [7, 11) is 0. The summed E-state index contributed by atoms with van der Waals surface area (Å²) in [5.74, 6) is -17.9. The number of aliphatic hydroxyl groups is 4. The number of aromatic amines is 1. The van der Waals surface area contributed by atoms with Gasteiger partial charge in [0.2, 0.25) is 76.8 Å². The second kappa shape index (κ2) is 42.9. The largest absolute Gasteiger partial charge is 0.481 e. The normalized spacial score (nSPS) is 15.2. The van der Waals surface area contributed by atoms with Crippen molar-refractivity contribution in [2.45, 2.75) is 204 Å². The highest BCUT2D eigenvalue weighted by atomic mass is 16.4. The van der Waals surface area contributed by atoms with Crippen LogP contribution >= 0.6 is 0 Å². The van der Waals surface area contributed by atoms with E-state index >= 15 is 0 Å². The zero-order valence-corrected chi connectivity index (χ0v) is 57.1. The van der Waals surface area contributed by atoms with Gasteiger partial charge in [-0.05, 0) is 90.2 Å². The number of hydrogen-bond donors (Lipinski definition) is 22. The fourth-order valence-corrected chi connectivity index (χ4v) is 9.53. The number of aromatic nitrogens is 2. The molecule has 0 aliphatic heterocycles. The first kappa shape index (κ1) is 86.3. The minimum absolute atomic E-state index is 0.0297. The Hall–Kier alpha value is -9.76. The molecule has 13 amide bonds. The number of imidazole rings is 1. The first-order chi connectivity index (χ1) is 46.8. The van der Waals surface area contributed by atoms with Gasteiger partial charge in [0.05, 0.1) is 50.8 Å². The Labute approximate surface area is 576 Å². The first-order valence-electron chi connectivity index (χ1n) is 32.2. The molecule has 100 heavy (non-hydrogen) atoms. The van der Waals surface area contributed by atoms with E-state index in [0.717, 1.165) is 13.8 Å². The second-order valence-corrected chi connectivity index (χ2v) is 25.2. The van der Waals surface area contributed by atoms with Crippen LogP contribution < -0.4 is 81.0 Å². The van der Waals surface area contributed by atoms with Crippen LogP contribution in [0.5, 0.6) is 0 Å². The minimum atomic E-state index is -2.07. The molecule has 25 N–H and O–H groups in total. The first-order valence-corrected chi connectivity index (χ1v) is 32.2. The molecule has 1 aromatic heterocycles. The number of aliphatic carboxylic acids is 2. The predicted octanol–water partition coefficient (Wildman–Crippen LogP) is -7.83. The maximum atomic E-state index is 14.2. The summed E-state index contributed by atoms with van der Waals surface area (Å²) in [5, 5.41) is 89.3. The molecule has 0 radical (unpaired) electrons. The summed E-state index contributed by atoms with van der Waals surface area (Å²) < 4.78 is 0. The summed E-state index contributed by atoms with van der Waals surface area (Å²) in [6.07, 6.45) is -2.55. The number of amides is 13. The molecule has 0 bridgehead atoms. The number of carboxylic acids is 2. The number of carbonyl (C=O) groups excluding carboxylic acids is 13. The summed E-state index contributed by atoms with van der Waals surface area (Å²) in [6, 6.07) is -10.7. The van der Waals surface area contributed by atoms with Gasteiger partial charge in [-0.3, -0.25) is 67.1 Å². The molecule has 1 heterocycles. The molecule has 0 fully saturated rings. The van der Waals surface area contributed by atoms with E-state index in [2.05, 4.69) is 73.8 Å². The molecular formula is C62H99N17O21. The van der Waals surface area contributed by atoms with Crippen LogP contribution in [0.25, 0.3) is 0 Å². The number of carboxylic acid groups (broad SMARTS) is 2. The highest BCUT2D eigenvalue weighted by Crippen LogP contribution is 2.13. The Morgan fingerprint density at radius 3 is 1.52 bits per heavy atom. The van der Waals surface area contributed by atoms with Gasteiger partial charge in [-0.2, -0.15) is 0 Å². The fourth-order valence-electron chi connectivity index (χ4n) is 9.53. The average molecular weight is 1420 g/mol. The van der Waals surface area contributed by atoms with Crippen molar-refractivity contribution in [3.05, 3.63) is 54.1 Å². The molecule has 1 aromatic carbocycles. The van der Waals surface area contributed by atoms with Crippen molar-refractivity contribution in [1.29, 1.82) is 0 Å². The van der Waals surface area contributed by atoms with Crippen molar-refractivity contribution < 1.29 is 103 Å². The van der Waals surface area contributed by atoms with Gasteiger partial charge in [0.1, 0.15) is 66.0 Å². The molecule has 0 saturated heterocycles. The molecule has 38 nitrogen and oxygen atoms in total. The van der Waals surface area contributed by atoms with Crippen LogP contribution in [0.4, 0.5) is 0 Å². The van der Waals surface area contributed by atoms with E-state index in [1.54, 1.807) is 45.9 Å². The molecular weight excluding hydrogens is 1320 g/mol. The summed E-state index contributed by atoms with van der Waals surface area (Å²) in [5.41, 5.74) is 16.2. The van der Waals surface area contributed by atoms with E-state index < -0.39 is 211 Å². The van der Waals surface area contributed by atoms with Gasteiger partial charge in [-0.25, -0.2) is 9.78 Å². The van der Waals surface area contributed by atoms with Crippen LogP contribution in [-0.2, 0) is 84.8 Å². The van der Waals surface area contributed by atoms with Crippen molar-refractivity contribution in [2.24, 2.45) is 29.0 Å². The Morgan fingerprint density at radius 2 is 1.01 bits per heavy atom. The van der Waals surface area contributed by atoms with Crippen LogP contribution in [0, 0.1) is 11.8 Å². The molecule has 0 aliphatic rings. The number of H-pyrrole nitrogens is 1. The zero-order chi connectivity index (χ0) is 75.7. The second-order valence-electron chi connectivity index (χ2n) is 25.2. The molecule has 558 valence electrons. The lowest BCUT2D eigenvalue weighted by atomic mass is 10.0. The lowest BCUT2D eigenvalue weighted by Crippen LogP contribution is -2.63. The lowest BCUT2D eigenvalue weighted by Gasteiger charge is -2.29. The molecule has 0 spiro atoms. The number of nitrogens with one attached hydrogen (secondary N) is 13. The van der Waals surface area contributed by atoms with E-state index in [4.69, 9.17) is 17.2 Å². The monoisotopic (exact) mass is 1420 g/mol. The van der Waals surface area contributed by atoms with Crippen molar-refractivity contribution >= 4 is 88.7 Å². The molecule has 0 unspecified atom stereocenters. The van der Waals surface area contributed by atoms with E-state index in [1.165, 1.54) is 38.5 Å². The Morgan fingerprint density at radius 1 is 0.540 bits per heavy atom. The molecule has 0 aliphatic carbocycles. The topological polar surface area (TPSA) is 629 Å². The Kier molecular flexibility index (Phi) is 37.1. The summed E-state index contributed by atoms with van der Waals surface area (Å²) >= 11 is 0. The van der Waals surface area contributed by atoms with Crippen LogP contribution in [-0.4, -0.2) is 240 Å². The number of carbonyl (C=O) groups is 15. The lowest BCUT2D eigenvalue weighted by molar-refractivity contribution is -0.143.